The van der Waals surface area contributed by atoms with Crippen molar-refractivity contribution >= 4 is 22.0 Å². The second kappa shape index (κ2) is 9.50. The zero-order chi connectivity index (χ0) is 18.9. The molecule has 0 radical (unpaired) electrons. The van der Waals surface area contributed by atoms with Gasteiger partial charge in [-0.1, -0.05) is 24.3 Å². The molecule has 0 aliphatic rings. The van der Waals surface area contributed by atoms with Gasteiger partial charge in [0.05, 0.1) is 4.90 Å². The number of sulfonamides is 1. The van der Waals surface area contributed by atoms with Crippen molar-refractivity contribution in [2.24, 2.45) is 0 Å². The number of carbonyl (C=O) groups is 2. The van der Waals surface area contributed by atoms with Crippen molar-refractivity contribution in [3.8, 4) is 0 Å². The minimum atomic E-state index is -3.40. The summed E-state index contributed by atoms with van der Waals surface area (Å²) >= 11 is 0. The third kappa shape index (κ3) is 6.69. The van der Waals surface area contributed by atoms with Crippen molar-refractivity contribution in [1.29, 1.82) is 0 Å². The van der Waals surface area contributed by atoms with Gasteiger partial charge in [-0.2, -0.15) is 0 Å². The summed E-state index contributed by atoms with van der Waals surface area (Å²) in [6.07, 6.45) is 2.31. The number of pyridine rings is 1. The molecule has 0 fully saturated rings. The summed E-state index contributed by atoms with van der Waals surface area (Å²) in [5, 5.41) is 14.8. The molecule has 0 aliphatic carbocycles. The molecule has 8 nitrogen and oxygen atoms in total. The number of aliphatic carboxylic acids is 2. The molecule has 2 aromatic rings. The molecule has 9 heteroatoms. The van der Waals surface area contributed by atoms with E-state index in [4.69, 9.17) is 19.8 Å². The van der Waals surface area contributed by atoms with Crippen molar-refractivity contribution in [1.82, 2.24) is 9.29 Å². The van der Waals surface area contributed by atoms with Gasteiger partial charge in [0.15, 0.2) is 0 Å². The minimum Gasteiger partial charge on any atom is -0.473 e. The molecule has 0 atom stereocenters. The monoisotopic (exact) mass is 366 g/mol. The van der Waals surface area contributed by atoms with Crippen molar-refractivity contribution < 1.29 is 28.2 Å². The van der Waals surface area contributed by atoms with Crippen LogP contribution in [0, 0.1) is 0 Å². The Balaban J connectivity index is 0.000000450. The first-order valence-corrected chi connectivity index (χ1v) is 8.56. The highest BCUT2D eigenvalue weighted by molar-refractivity contribution is 7.89. The van der Waals surface area contributed by atoms with Gasteiger partial charge in [-0.25, -0.2) is 22.3 Å². The van der Waals surface area contributed by atoms with Crippen LogP contribution in [0.15, 0.2) is 59.6 Å². The maximum absolute atomic E-state index is 12.3. The molecule has 25 heavy (non-hydrogen) atoms. The van der Waals surface area contributed by atoms with Crippen LogP contribution in [0.2, 0.25) is 0 Å². The van der Waals surface area contributed by atoms with Crippen LogP contribution in [0.1, 0.15) is 5.69 Å². The summed E-state index contributed by atoms with van der Waals surface area (Å²) in [5.74, 6) is -3.65. The summed E-state index contributed by atoms with van der Waals surface area (Å²) in [6.45, 7) is 0.411. The second-order valence-corrected chi connectivity index (χ2v) is 6.87. The highest BCUT2D eigenvalue weighted by atomic mass is 32.2. The lowest BCUT2D eigenvalue weighted by Gasteiger charge is -2.16. The maximum atomic E-state index is 12.3. The first-order valence-electron chi connectivity index (χ1n) is 7.12. The molecule has 1 heterocycles. The van der Waals surface area contributed by atoms with Crippen molar-refractivity contribution in [3.05, 3.63) is 60.4 Å². The molecule has 0 aliphatic heterocycles. The van der Waals surface area contributed by atoms with E-state index >= 15 is 0 Å². The van der Waals surface area contributed by atoms with Crippen molar-refractivity contribution in [2.45, 2.75) is 11.3 Å². The van der Waals surface area contributed by atoms with E-state index < -0.39 is 22.0 Å². The molecule has 1 aromatic heterocycles. The van der Waals surface area contributed by atoms with Gasteiger partial charge in [0.2, 0.25) is 10.0 Å². The van der Waals surface area contributed by atoms with Crippen LogP contribution in [-0.4, -0.2) is 53.5 Å². The fourth-order valence-corrected chi connectivity index (χ4v) is 2.90. The fourth-order valence-electron chi connectivity index (χ4n) is 1.71. The van der Waals surface area contributed by atoms with Crippen LogP contribution in [-0.2, 0) is 26.0 Å². The Bertz CT molecular complexity index is 782. The van der Waals surface area contributed by atoms with Crippen LogP contribution in [0.5, 0.6) is 0 Å². The van der Waals surface area contributed by atoms with Gasteiger partial charge < -0.3 is 10.2 Å². The van der Waals surface area contributed by atoms with E-state index in [1.54, 1.807) is 43.6 Å². The van der Waals surface area contributed by atoms with E-state index in [1.165, 1.54) is 4.31 Å². The Labute approximate surface area is 145 Å². The quantitative estimate of drug-likeness (QED) is 0.759. The average molecular weight is 366 g/mol. The molecule has 2 rings (SSSR count). The number of hydrogen-bond acceptors (Lipinski definition) is 5. The number of carboxylic acid groups (broad SMARTS) is 2. The van der Waals surface area contributed by atoms with E-state index in [9.17, 15) is 8.42 Å². The van der Waals surface area contributed by atoms with E-state index in [0.29, 0.717) is 17.9 Å². The number of rotatable bonds is 5. The largest absolute Gasteiger partial charge is 0.473 e. The van der Waals surface area contributed by atoms with Gasteiger partial charge in [-0.05, 0) is 24.3 Å². The van der Waals surface area contributed by atoms with Crippen LogP contribution >= 0.6 is 0 Å². The van der Waals surface area contributed by atoms with Gasteiger partial charge in [0.1, 0.15) is 0 Å². The fraction of sp³-hybridized carbons (Fsp3) is 0.188. The third-order valence-corrected chi connectivity index (χ3v) is 4.91. The average Bonchev–Trinajstić information content (AvgIpc) is 2.61. The predicted octanol–water partition coefficient (Wildman–Crippen LogP) is 1.10. The topological polar surface area (TPSA) is 125 Å². The Hall–Kier alpha value is -2.78. The van der Waals surface area contributed by atoms with Crippen LogP contribution < -0.4 is 0 Å². The molecular formula is C16H18N2O6S. The number of hydrogen-bond donors (Lipinski definition) is 2. The molecule has 0 saturated carbocycles. The highest BCUT2D eigenvalue weighted by Crippen LogP contribution is 2.13. The lowest BCUT2D eigenvalue weighted by molar-refractivity contribution is -0.159. The number of aromatic nitrogens is 1. The second-order valence-electron chi connectivity index (χ2n) is 4.82. The maximum Gasteiger partial charge on any atom is 0.414 e. The minimum absolute atomic E-state index is 0.318. The van der Waals surface area contributed by atoms with E-state index in [0.717, 1.165) is 5.69 Å². The van der Waals surface area contributed by atoms with E-state index in [2.05, 4.69) is 4.98 Å². The first-order chi connectivity index (χ1) is 11.7. The Morgan fingerprint density at radius 2 is 1.56 bits per heavy atom. The molecule has 2 N–H and O–H groups in total. The standard InChI is InChI=1S/C14H16N2O2S.C2H2O4/c1-16(12-10-13-7-5-6-11-15-13)19(17,18)14-8-3-2-4-9-14;3-1(4)2(5)6/h2-9,11H,10,12H2,1H3;(H,3,4)(H,5,6). The molecular weight excluding hydrogens is 348 g/mol. The van der Waals surface area contributed by atoms with Gasteiger partial charge in [-0.15, -0.1) is 0 Å². The Morgan fingerprint density at radius 3 is 2.04 bits per heavy atom. The van der Waals surface area contributed by atoms with Gasteiger partial charge in [0, 0.05) is 31.9 Å². The van der Waals surface area contributed by atoms with Crippen LogP contribution in [0.4, 0.5) is 0 Å². The van der Waals surface area contributed by atoms with Gasteiger partial charge >= 0.3 is 11.9 Å². The smallest absolute Gasteiger partial charge is 0.414 e. The third-order valence-electron chi connectivity index (χ3n) is 3.04. The zero-order valence-corrected chi connectivity index (χ0v) is 14.3. The summed E-state index contributed by atoms with van der Waals surface area (Å²) in [6, 6.07) is 14.1. The van der Waals surface area contributed by atoms with Crippen LogP contribution in [0.25, 0.3) is 0 Å². The summed E-state index contributed by atoms with van der Waals surface area (Å²) < 4.78 is 25.9. The molecule has 0 bridgehead atoms. The zero-order valence-electron chi connectivity index (χ0n) is 13.4. The molecule has 0 unspecified atom stereocenters. The van der Waals surface area contributed by atoms with E-state index in [-0.39, 0.29) is 0 Å². The molecule has 0 amide bonds. The molecule has 1 aromatic carbocycles. The number of likely N-dealkylation sites (N-methyl/N-ethyl adjacent to an activating group) is 1. The van der Waals surface area contributed by atoms with Gasteiger partial charge in [-0.3, -0.25) is 4.98 Å². The Kier molecular flexibility index (Phi) is 7.70. The SMILES string of the molecule is CN(CCc1ccccn1)S(=O)(=O)c1ccccc1.O=C(O)C(=O)O. The normalized spacial score (nSPS) is 10.6. The number of benzene rings is 1. The van der Waals surface area contributed by atoms with E-state index in [1.807, 2.05) is 18.2 Å². The van der Waals surface area contributed by atoms with Gasteiger partial charge in [0.25, 0.3) is 0 Å². The highest BCUT2D eigenvalue weighted by Gasteiger charge is 2.19. The lowest BCUT2D eigenvalue weighted by atomic mass is 10.3. The first kappa shape index (κ1) is 20.3. The molecule has 134 valence electrons. The molecule has 0 saturated heterocycles. The van der Waals surface area contributed by atoms with Crippen molar-refractivity contribution in [3.63, 3.8) is 0 Å². The van der Waals surface area contributed by atoms with Crippen LogP contribution in [0.3, 0.4) is 0 Å². The summed E-state index contributed by atoms with van der Waals surface area (Å²) in [7, 11) is -1.82. The number of nitrogens with zero attached hydrogens (tertiary/aromatic N) is 2. The summed E-state index contributed by atoms with van der Waals surface area (Å²) in [4.78, 5) is 22.7. The predicted molar refractivity (Wildman–Crippen MR) is 89.5 cm³/mol. The van der Waals surface area contributed by atoms with Crippen molar-refractivity contribution in [2.75, 3.05) is 13.6 Å². The Morgan fingerprint density at radius 1 is 1.00 bits per heavy atom. The lowest BCUT2D eigenvalue weighted by Crippen LogP contribution is -2.29. The number of carboxylic acids is 2. The summed E-state index contributed by atoms with van der Waals surface area (Å²) in [5.41, 5.74) is 0.887. The molecule has 0 spiro atoms.